The largest absolute Gasteiger partial charge is 0.481 e. The van der Waals surface area contributed by atoms with Crippen molar-refractivity contribution in [2.45, 2.75) is 50.9 Å². The average molecular weight is 548 g/mol. The second-order valence-electron chi connectivity index (χ2n) is 10.5. The van der Waals surface area contributed by atoms with Gasteiger partial charge >= 0.3 is 0 Å². The predicted molar refractivity (Wildman–Crippen MR) is 151 cm³/mol. The van der Waals surface area contributed by atoms with Gasteiger partial charge < -0.3 is 14.2 Å². The van der Waals surface area contributed by atoms with E-state index in [0.29, 0.717) is 41.5 Å². The third-order valence-corrected chi connectivity index (χ3v) is 8.07. The molecule has 4 heterocycles. The van der Waals surface area contributed by atoms with Crippen molar-refractivity contribution in [2.75, 3.05) is 25.1 Å². The van der Waals surface area contributed by atoms with Gasteiger partial charge in [0.2, 0.25) is 5.88 Å². The van der Waals surface area contributed by atoms with E-state index in [-0.39, 0.29) is 16.5 Å². The van der Waals surface area contributed by atoms with Crippen molar-refractivity contribution in [3.05, 3.63) is 93.4 Å². The van der Waals surface area contributed by atoms with Crippen molar-refractivity contribution in [2.24, 2.45) is 0 Å². The Hall–Kier alpha value is -3.49. The number of hydrogen-bond acceptors (Lipinski definition) is 6. The molecule has 0 unspecified atom stereocenters. The Kier molecular flexibility index (Phi) is 7.23. The highest BCUT2D eigenvalue weighted by Crippen LogP contribution is 2.38. The fourth-order valence-corrected chi connectivity index (χ4v) is 5.78. The summed E-state index contributed by atoms with van der Waals surface area (Å²) in [5.41, 5.74) is 3.37. The highest BCUT2D eigenvalue weighted by atomic mass is 35.5. The van der Waals surface area contributed by atoms with Crippen LogP contribution in [0.1, 0.15) is 42.9 Å². The average Bonchev–Trinajstić information content (AvgIpc) is 3.81. The number of rotatable bonds is 8. The number of pyridine rings is 3. The summed E-state index contributed by atoms with van der Waals surface area (Å²) in [6.45, 7) is 2.86. The first-order valence-electron chi connectivity index (χ1n) is 13.4. The number of anilines is 1. The summed E-state index contributed by atoms with van der Waals surface area (Å²) in [7, 11) is 1.61. The molecule has 39 heavy (non-hydrogen) atoms. The minimum atomic E-state index is -0.569. The summed E-state index contributed by atoms with van der Waals surface area (Å²) in [6, 6.07) is 11.4. The number of nitrogens with zero attached hydrogens (tertiary/aromatic N) is 5. The molecule has 7 nitrogen and oxygen atoms in total. The van der Waals surface area contributed by atoms with Crippen LogP contribution >= 0.6 is 11.6 Å². The van der Waals surface area contributed by atoms with E-state index in [2.05, 4.69) is 30.4 Å². The van der Waals surface area contributed by atoms with Crippen molar-refractivity contribution >= 4 is 28.2 Å². The number of benzene rings is 1. The molecule has 1 saturated heterocycles. The van der Waals surface area contributed by atoms with Gasteiger partial charge in [-0.05, 0) is 61.6 Å². The summed E-state index contributed by atoms with van der Waals surface area (Å²) >= 11 is 6.12. The molecule has 6 rings (SSSR count). The third-order valence-electron chi connectivity index (χ3n) is 7.78. The van der Waals surface area contributed by atoms with Crippen LogP contribution in [-0.2, 0) is 13.1 Å². The minimum absolute atomic E-state index is 0.0370. The highest BCUT2D eigenvalue weighted by Gasteiger charge is 2.29. The first-order valence-corrected chi connectivity index (χ1v) is 13.8. The van der Waals surface area contributed by atoms with Crippen molar-refractivity contribution in [3.8, 4) is 5.88 Å². The maximum absolute atomic E-state index is 14.5. The number of fused-ring (bicyclic) bond motifs is 1. The second-order valence-corrected chi connectivity index (χ2v) is 10.9. The van der Waals surface area contributed by atoms with Gasteiger partial charge in [-0.1, -0.05) is 11.6 Å². The van der Waals surface area contributed by atoms with E-state index in [9.17, 15) is 9.18 Å². The van der Waals surface area contributed by atoms with Gasteiger partial charge in [0, 0.05) is 73.9 Å². The Morgan fingerprint density at radius 3 is 2.79 bits per heavy atom. The molecule has 0 spiro atoms. The van der Waals surface area contributed by atoms with Gasteiger partial charge in [-0.25, -0.2) is 9.37 Å². The summed E-state index contributed by atoms with van der Waals surface area (Å²) in [6.07, 6.45) is 11.5. The van der Waals surface area contributed by atoms with Crippen LogP contribution in [0.4, 0.5) is 10.1 Å². The lowest BCUT2D eigenvalue weighted by Gasteiger charge is -2.40. The van der Waals surface area contributed by atoms with Gasteiger partial charge in [-0.2, -0.15) is 0 Å². The Labute approximate surface area is 231 Å². The summed E-state index contributed by atoms with van der Waals surface area (Å²) in [5, 5.41) is 0.419. The van der Waals surface area contributed by atoms with E-state index in [1.807, 2.05) is 30.6 Å². The highest BCUT2D eigenvalue weighted by molar-refractivity contribution is 6.31. The molecule has 202 valence electrons. The topological polar surface area (TPSA) is 63.5 Å². The van der Waals surface area contributed by atoms with Crippen LogP contribution in [0.25, 0.3) is 10.9 Å². The van der Waals surface area contributed by atoms with Gasteiger partial charge in [-0.15, -0.1) is 0 Å². The molecule has 4 aromatic rings. The number of piperidine rings is 1. The molecule has 0 amide bonds. The standard InChI is InChI=1S/C30H31ClFN5O2/c1-39-29-12-20(8-10-34-29)16-36(24-5-3-11-35(19-24)23-4-2-9-33-15-23)17-21-18-37(22-6-7-22)28-14-26(31)27(32)13-25(28)30(21)38/h2,4,8-10,12-15,18,22,24H,3,5-7,11,16-17,19H2,1H3/t24-/m0/s1. The summed E-state index contributed by atoms with van der Waals surface area (Å²) < 4.78 is 22.0. The number of hydrogen-bond donors (Lipinski definition) is 0. The molecule has 1 saturated carbocycles. The van der Waals surface area contributed by atoms with Gasteiger partial charge in [-0.3, -0.25) is 14.7 Å². The second kappa shape index (κ2) is 10.9. The zero-order valence-corrected chi connectivity index (χ0v) is 22.6. The van der Waals surface area contributed by atoms with Crippen LogP contribution in [0.5, 0.6) is 5.88 Å². The van der Waals surface area contributed by atoms with E-state index in [1.165, 1.54) is 6.07 Å². The van der Waals surface area contributed by atoms with Gasteiger partial charge in [0.15, 0.2) is 5.43 Å². The smallest absolute Gasteiger partial charge is 0.213 e. The fourth-order valence-electron chi connectivity index (χ4n) is 5.62. The molecule has 2 aliphatic rings. The quantitative estimate of drug-likeness (QED) is 0.286. The van der Waals surface area contributed by atoms with E-state index in [4.69, 9.17) is 16.3 Å². The van der Waals surface area contributed by atoms with E-state index < -0.39 is 5.82 Å². The normalized spacial score (nSPS) is 17.6. The molecule has 1 aliphatic carbocycles. The predicted octanol–water partition coefficient (Wildman–Crippen LogP) is 5.60. The molecule has 2 fully saturated rings. The molecular formula is C30H31ClFN5O2. The maximum atomic E-state index is 14.5. The number of aromatic nitrogens is 3. The molecule has 0 N–H and O–H groups in total. The van der Waals surface area contributed by atoms with E-state index >= 15 is 0 Å². The van der Waals surface area contributed by atoms with E-state index in [1.54, 1.807) is 25.6 Å². The zero-order valence-electron chi connectivity index (χ0n) is 21.9. The summed E-state index contributed by atoms with van der Waals surface area (Å²) in [5.74, 6) is -0.0110. The Balaban J connectivity index is 1.38. The Morgan fingerprint density at radius 1 is 1.15 bits per heavy atom. The Bertz CT molecular complexity index is 1540. The van der Waals surface area contributed by atoms with Crippen LogP contribution in [0.3, 0.4) is 0 Å². The van der Waals surface area contributed by atoms with Crippen LogP contribution in [-0.4, -0.2) is 45.7 Å². The molecule has 3 aromatic heterocycles. The molecule has 1 aromatic carbocycles. The van der Waals surface area contributed by atoms with Crippen molar-refractivity contribution in [1.29, 1.82) is 0 Å². The molecule has 1 aliphatic heterocycles. The van der Waals surface area contributed by atoms with Crippen LogP contribution in [0.15, 0.2) is 66.0 Å². The number of ether oxygens (including phenoxy) is 1. The summed E-state index contributed by atoms with van der Waals surface area (Å²) in [4.78, 5) is 27.0. The van der Waals surface area contributed by atoms with Crippen molar-refractivity contribution < 1.29 is 9.13 Å². The van der Waals surface area contributed by atoms with Crippen molar-refractivity contribution in [3.63, 3.8) is 0 Å². The lowest BCUT2D eigenvalue weighted by Crippen LogP contribution is -2.48. The monoisotopic (exact) mass is 547 g/mol. The molecular weight excluding hydrogens is 517 g/mol. The van der Waals surface area contributed by atoms with Crippen LogP contribution < -0.4 is 15.1 Å². The lowest BCUT2D eigenvalue weighted by atomic mass is 10.0. The molecule has 9 heteroatoms. The van der Waals surface area contributed by atoms with Crippen molar-refractivity contribution in [1.82, 2.24) is 19.4 Å². The maximum Gasteiger partial charge on any atom is 0.213 e. The van der Waals surface area contributed by atoms with Crippen LogP contribution in [0.2, 0.25) is 5.02 Å². The fraction of sp³-hybridized carbons (Fsp3) is 0.367. The van der Waals surface area contributed by atoms with Gasteiger partial charge in [0.05, 0.1) is 29.5 Å². The minimum Gasteiger partial charge on any atom is -0.481 e. The third kappa shape index (κ3) is 5.49. The molecule has 1 atom stereocenters. The molecule has 0 bridgehead atoms. The first-order chi connectivity index (χ1) is 19.0. The van der Waals surface area contributed by atoms with E-state index in [0.717, 1.165) is 50.0 Å². The van der Waals surface area contributed by atoms with Gasteiger partial charge in [0.25, 0.3) is 0 Å². The number of methoxy groups -OCH3 is 1. The van der Waals surface area contributed by atoms with Crippen LogP contribution in [0, 0.1) is 5.82 Å². The first kappa shape index (κ1) is 25.8. The lowest BCUT2D eigenvalue weighted by molar-refractivity contribution is 0.158. The SMILES string of the molecule is COc1cc(CN(Cc2cn(C3CC3)c3cc(Cl)c(F)cc3c2=O)[C@H]2CCCN(c3cccnc3)C2)ccn1. The zero-order chi connectivity index (χ0) is 26.9. The number of halogens is 2. The van der Waals surface area contributed by atoms with Gasteiger partial charge in [0.1, 0.15) is 5.82 Å². The molecule has 0 radical (unpaired) electrons. The Morgan fingerprint density at radius 2 is 2.03 bits per heavy atom.